The van der Waals surface area contributed by atoms with Gasteiger partial charge in [0.15, 0.2) is 0 Å². The van der Waals surface area contributed by atoms with Crippen molar-refractivity contribution in [1.29, 1.82) is 0 Å². The Kier molecular flexibility index (Phi) is 1.28. The molecule has 0 radical (unpaired) electrons. The molecule has 2 heteroatoms. The maximum atomic E-state index is 8.80. The van der Waals surface area contributed by atoms with Crippen molar-refractivity contribution in [2.45, 2.75) is 19.3 Å². The van der Waals surface area contributed by atoms with Crippen LogP contribution in [0.5, 0.6) is 0 Å². The molecule has 0 fully saturated rings. The van der Waals surface area contributed by atoms with Crippen LogP contribution < -0.4 is 0 Å². The Morgan fingerprint density at radius 3 is 2.29 bits per heavy atom. The summed E-state index contributed by atoms with van der Waals surface area (Å²) in [6, 6.07) is 0. The number of hydrogen-bond donors (Lipinski definition) is 2. The molecule has 0 aromatic heterocycles. The lowest BCUT2D eigenvalue weighted by molar-refractivity contribution is 0.396. The van der Waals surface area contributed by atoms with Gasteiger partial charge in [0.25, 0.3) is 0 Å². The molecule has 0 heterocycles. The molecule has 1 rings (SSSR count). The van der Waals surface area contributed by atoms with Crippen LogP contribution in [-0.2, 0) is 0 Å². The van der Waals surface area contributed by atoms with E-state index in [1.807, 2.05) is 0 Å². The van der Waals surface area contributed by atoms with Crippen LogP contribution in [0.15, 0.2) is 10.7 Å². The molecule has 0 amide bonds. The third-order valence-corrected chi connectivity index (χ3v) is 1.64. The molecule has 40 valence electrons. The summed E-state index contributed by atoms with van der Waals surface area (Å²) < 4.78 is 0. The molecule has 0 aromatic carbocycles. The minimum Gasteiger partial charge on any atom is -0.512 e. The summed E-state index contributed by atoms with van der Waals surface area (Å²) in [6.07, 6.45) is 2.87. The van der Waals surface area contributed by atoms with E-state index in [-0.39, 0.29) is 0 Å². The van der Waals surface area contributed by atoms with E-state index in [0.717, 1.165) is 24.2 Å². The van der Waals surface area contributed by atoms with Gasteiger partial charge in [-0.3, -0.25) is 0 Å². The molecular formula is C5H8OS. The molecule has 1 N–H and O–H groups in total. The monoisotopic (exact) mass is 116 g/mol. The third-order valence-electron chi connectivity index (χ3n) is 1.16. The first kappa shape index (κ1) is 5.04. The number of aliphatic hydroxyl groups excluding tert-OH is 1. The van der Waals surface area contributed by atoms with Crippen molar-refractivity contribution in [3.63, 3.8) is 0 Å². The normalized spacial score (nSPS) is 21.3. The predicted octanol–water partition coefficient (Wildman–Crippen LogP) is 1.87. The average Bonchev–Trinajstić information content (AvgIpc) is 1.91. The summed E-state index contributed by atoms with van der Waals surface area (Å²) in [5, 5.41) is 8.80. The second-order valence-electron chi connectivity index (χ2n) is 1.75. The Labute approximate surface area is 48.5 Å². The summed E-state index contributed by atoms with van der Waals surface area (Å²) in [6.45, 7) is 0. The van der Waals surface area contributed by atoms with Crippen LogP contribution in [0.2, 0.25) is 0 Å². The smallest absolute Gasteiger partial charge is 0.101 e. The molecule has 0 aromatic rings. The Morgan fingerprint density at radius 2 is 2.14 bits per heavy atom. The van der Waals surface area contributed by atoms with Crippen molar-refractivity contribution in [2.75, 3.05) is 0 Å². The standard InChI is InChI=1S/C5H8OS/c6-4-2-1-3-5(4)7/h6-7H,1-3H2. The largest absolute Gasteiger partial charge is 0.512 e. The van der Waals surface area contributed by atoms with Crippen LogP contribution in [0.25, 0.3) is 0 Å². The van der Waals surface area contributed by atoms with Crippen LogP contribution >= 0.6 is 12.6 Å². The van der Waals surface area contributed by atoms with E-state index in [0.29, 0.717) is 5.76 Å². The summed E-state index contributed by atoms with van der Waals surface area (Å²) in [5.74, 6) is 0.489. The third kappa shape index (κ3) is 0.911. The molecular weight excluding hydrogens is 108 g/mol. The van der Waals surface area contributed by atoms with Crippen LogP contribution in [0.1, 0.15) is 19.3 Å². The predicted molar refractivity (Wildman–Crippen MR) is 32.5 cm³/mol. The van der Waals surface area contributed by atoms with Crippen molar-refractivity contribution in [3.05, 3.63) is 10.7 Å². The first-order valence-electron chi connectivity index (χ1n) is 2.40. The molecule has 0 bridgehead atoms. The summed E-state index contributed by atoms with van der Waals surface area (Å²) >= 11 is 4.02. The summed E-state index contributed by atoms with van der Waals surface area (Å²) in [5.41, 5.74) is 0. The number of rotatable bonds is 0. The average molecular weight is 116 g/mol. The zero-order valence-electron chi connectivity index (χ0n) is 4.02. The Hall–Kier alpha value is -0.110. The molecule has 0 saturated carbocycles. The maximum Gasteiger partial charge on any atom is 0.101 e. The van der Waals surface area contributed by atoms with Crippen LogP contribution in [0.3, 0.4) is 0 Å². The van der Waals surface area contributed by atoms with Gasteiger partial charge in [0.05, 0.1) is 0 Å². The van der Waals surface area contributed by atoms with Crippen molar-refractivity contribution >= 4 is 12.6 Å². The van der Waals surface area contributed by atoms with Gasteiger partial charge in [0, 0.05) is 11.3 Å². The minimum atomic E-state index is 0.489. The van der Waals surface area contributed by atoms with Crippen LogP contribution in [-0.4, -0.2) is 5.11 Å². The fraction of sp³-hybridized carbons (Fsp3) is 0.600. The zero-order chi connectivity index (χ0) is 5.28. The highest BCUT2D eigenvalue weighted by molar-refractivity contribution is 7.84. The van der Waals surface area contributed by atoms with Gasteiger partial charge in [-0.15, -0.1) is 12.6 Å². The zero-order valence-corrected chi connectivity index (χ0v) is 4.91. The van der Waals surface area contributed by atoms with Crippen molar-refractivity contribution in [1.82, 2.24) is 0 Å². The molecule has 1 aliphatic carbocycles. The second kappa shape index (κ2) is 1.78. The van der Waals surface area contributed by atoms with Gasteiger partial charge in [-0.2, -0.15) is 0 Å². The van der Waals surface area contributed by atoms with Gasteiger partial charge in [0.2, 0.25) is 0 Å². The topological polar surface area (TPSA) is 20.2 Å². The van der Waals surface area contributed by atoms with Gasteiger partial charge in [0.1, 0.15) is 5.76 Å². The fourth-order valence-electron chi connectivity index (χ4n) is 0.712. The molecule has 0 atom stereocenters. The van der Waals surface area contributed by atoms with E-state index in [1.54, 1.807) is 0 Å². The molecule has 1 aliphatic rings. The van der Waals surface area contributed by atoms with E-state index >= 15 is 0 Å². The summed E-state index contributed by atoms with van der Waals surface area (Å²) in [4.78, 5) is 0.875. The second-order valence-corrected chi connectivity index (χ2v) is 2.29. The van der Waals surface area contributed by atoms with E-state index in [2.05, 4.69) is 12.6 Å². The number of thiol groups is 1. The molecule has 0 saturated heterocycles. The molecule has 0 aliphatic heterocycles. The lowest BCUT2D eigenvalue weighted by Crippen LogP contribution is -1.69. The molecule has 7 heavy (non-hydrogen) atoms. The number of aliphatic hydroxyl groups is 1. The maximum absolute atomic E-state index is 8.80. The first-order valence-corrected chi connectivity index (χ1v) is 2.85. The van der Waals surface area contributed by atoms with Gasteiger partial charge in [-0.1, -0.05) is 0 Å². The van der Waals surface area contributed by atoms with Crippen LogP contribution in [0.4, 0.5) is 0 Å². The highest BCUT2D eigenvalue weighted by atomic mass is 32.1. The fourth-order valence-corrected chi connectivity index (χ4v) is 0.982. The van der Waals surface area contributed by atoms with Crippen molar-refractivity contribution in [2.24, 2.45) is 0 Å². The highest BCUT2D eigenvalue weighted by Gasteiger charge is 2.07. The van der Waals surface area contributed by atoms with E-state index in [1.165, 1.54) is 0 Å². The molecule has 0 unspecified atom stereocenters. The minimum absolute atomic E-state index is 0.489. The van der Waals surface area contributed by atoms with Gasteiger partial charge < -0.3 is 5.11 Å². The summed E-state index contributed by atoms with van der Waals surface area (Å²) in [7, 11) is 0. The Morgan fingerprint density at radius 1 is 1.43 bits per heavy atom. The first-order chi connectivity index (χ1) is 3.30. The Balaban J connectivity index is 2.64. The lowest BCUT2D eigenvalue weighted by Gasteiger charge is -1.85. The lowest BCUT2D eigenvalue weighted by atomic mass is 10.4. The highest BCUT2D eigenvalue weighted by Crippen LogP contribution is 2.25. The molecule has 1 nitrogen and oxygen atoms in total. The number of allylic oxidation sites excluding steroid dienone is 2. The molecule has 0 spiro atoms. The Bertz CT molecular complexity index is 94.6. The quantitative estimate of drug-likeness (QED) is 0.463. The van der Waals surface area contributed by atoms with Crippen molar-refractivity contribution in [3.8, 4) is 0 Å². The van der Waals surface area contributed by atoms with E-state index < -0.39 is 0 Å². The van der Waals surface area contributed by atoms with Gasteiger partial charge in [-0.05, 0) is 12.8 Å². The van der Waals surface area contributed by atoms with Crippen LogP contribution in [0, 0.1) is 0 Å². The van der Waals surface area contributed by atoms with Gasteiger partial charge in [-0.25, -0.2) is 0 Å². The van der Waals surface area contributed by atoms with E-state index in [4.69, 9.17) is 5.11 Å². The van der Waals surface area contributed by atoms with E-state index in [9.17, 15) is 0 Å². The SMILES string of the molecule is OC1=C(S)CCC1. The number of hydrogen-bond acceptors (Lipinski definition) is 2. The van der Waals surface area contributed by atoms with Crippen molar-refractivity contribution < 1.29 is 5.11 Å². The van der Waals surface area contributed by atoms with Gasteiger partial charge >= 0.3 is 0 Å².